The van der Waals surface area contributed by atoms with Crippen LogP contribution in [0.2, 0.25) is 0 Å². The molecule has 1 aliphatic heterocycles. The van der Waals surface area contributed by atoms with Gasteiger partial charge in [0, 0.05) is 31.0 Å². The van der Waals surface area contributed by atoms with E-state index in [0.717, 1.165) is 22.5 Å². The van der Waals surface area contributed by atoms with Gasteiger partial charge in [0.2, 0.25) is 10.0 Å². The van der Waals surface area contributed by atoms with Gasteiger partial charge >= 0.3 is 6.18 Å². The summed E-state index contributed by atoms with van der Waals surface area (Å²) in [4.78, 5) is 20.4. The van der Waals surface area contributed by atoms with Crippen molar-refractivity contribution < 1.29 is 30.8 Å². The Morgan fingerprint density at radius 2 is 1.82 bits per heavy atom. The summed E-state index contributed by atoms with van der Waals surface area (Å²) in [5.74, 6) is -1.74. The first kappa shape index (κ1) is 25.6. The number of hydrogen-bond acceptors (Lipinski definition) is 6. The molecule has 2 aromatic rings. The molecule has 1 amide bonds. The van der Waals surface area contributed by atoms with Crippen LogP contribution in [0.1, 0.15) is 42.4 Å². The van der Waals surface area contributed by atoms with Crippen molar-refractivity contribution in [3.05, 3.63) is 59.2 Å². The van der Waals surface area contributed by atoms with E-state index < -0.39 is 43.8 Å². The van der Waals surface area contributed by atoms with Crippen molar-refractivity contribution in [1.82, 2.24) is 9.29 Å². The molecular weight excluding hydrogens is 478 g/mol. The number of hydrogen-bond donors (Lipinski definition) is 2. The number of benzene rings is 1. The number of nitrogens with one attached hydrogen (secondary N) is 1. The lowest BCUT2D eigenvalue weighted by Crippen LogP contribution is -2.50. The van der Waals surface area contributed by atoms with Crippen molar-refractivity contribution in [2.45, 2.75) is 37.2 Å². The standard InChI is InChI=1S/C21H23F4N5O3S/c1-19(2)18(26)29-20(3,11-30(4)34(19,32)33)14-9-13(6-7-15(14)22)28-17(31)16-8-5-12(10-27-16)21(23,24)25/h5-10H,11H2,1-4H3,(H2,26,29)(H,28,31). The minimum atomic E-state index is -4.60. The first-order chi connectivity index (χ1) is 15.5. The molecule has 0 bridgehead atoms. The Morgan fingerprint density at radius 1 is 1.18 bits per heavy atom. The molecule has 0 aliphatic carbocycles. The number of halogens is 4. The fraction of sp³-hybridized carbons (Fsp3) is 0.381. The van der Waals surface area contributed by atoms with Gasteiger partial charge in [0.15, 0.2) is 0 Å². The summed E-state index contributed by atoms with van der Waals surface area (Å²) in [6.07, 6.45) is -4.06. The molecule has 184 valence electrons. The second-order valence-corrected chi connectivity index (χ2v) is 11.2. The number of likely N-dealkylation sites (N-methyl/N-ethyl adjacent to an activating group) is 1. The van der Waals surface area contributed by atoms with Gasteiger partial charge in [-0.25, -0.2) is 17.1 Å². The zero-order chi connectivity index (χ0) is 25.7. The van der Waals surface area contributed by atoms with Crippen molar-refractivity contribution in [3.63, 3.8) is 0 Å². The van der Waals surface area contributed by atoms with Crippen molar-refractivity contribution in [2.75, 3.05) is 18.9 Å². The highest BCUT2D eigenvalue weighted by atomic mass is 32.2. The van der Waals surface area contributed by atoms with Crippen LogP contribution in [0, 0.1) is 5.82 Å². The van der Waals surface area contributed by atoms with Crippen LogP contribution in [-0.2, 0) is 21.7 Å². The molecule has 0 spiro atoms. The number of nitrogens with zero attached hydrogens (tertiary/aromatic N) is 3. The summed E-state index contributed by atoms with van der Waals surface area (Å²) < 4.78 is 78.2. The molecule has 1 aromatic heterocycles. The first-order valence-electron chi connectivity index (χ1n) is 9.95. The molecule has 0 fully saturated rings. The van der Waals surface area contributed by atoms with E-state index >= 15 is 0 Å². The van der Waals surface area contributed by atoms with Crippen molar-refractivity contribution >= 4 is 27.5 Å². The zero-order valence-corrected chi connectivity index (χ0v) is 19.6. The van der Waals surface area contributed by atoms with Gasteiger partial charge in [0.05, 0.1) is 5.56 Å². The van der Waals surface area contributed by atoms with Crippen LogP contribution >= 0.6 is 0 Å². The summed E-state index contributed by atoms with van der Waals surface area (Å²) in [6.45, 7) is 4.07. The van der Waals surface area contributed by atoms with Crippen LogP contribution in [0.25, 0.3) is 0 Å². The Hall–Kier alpha value is -3.06. The maximum absolute atomic E-state index is 14.9. The van der Waals surface area contributed by atoms with Gasteiger partial charge in [-0.2, -0.15) is 13.2 Å². The molecule has 3 rings (SSSR count). The monoisotopic (exact) mass is 501 g/mol. The third-order valence-corrected chi connectivity index (χ3v) is 8.15. The number of amidine groups is 1. The SMILES string of the molecule is CN1CC(C)(c2cc(NC(=O)c3ccc(C(F)(F)F)cn3)ccc2F)N=C(N)C(C)(C)S1(=O)=O. The number of carbonyl (C=O) groups is 1. The van der Waals surface area contributed by atoms with Gasteiger partial charge in [-0.3, -0.25) is 14.8 Å². The van der Waals surface area contributed by atoms with Crippen LogP contribution in [0.4, 0.5) is 23.2 Å². The molecule has 3 N–H and O–H groups in total. The normalized spacial score (nSPS) is 22.5. The van der Waals surface area contributed by atoms with Gasteiger partial charge in [0.25, 0.3) is 5.91 Å². The predicted molar refractivity (Wildman–Crippen MR) is 118 cm³/mol. The molecule has 1 aromatic carbocycles. The highest BCUT2D eigenvalue weighted by molar-refractivity contribution is 7.91. The van der Waals surface area contributed by atoms with Gasteiger partial charge in [0.1, 0.15) is 27.6 Å². The summed E-state index contributed by atoms with van der Waals surface area (Å²) >= 11 is 0. The second-order valence-electron chi connectivity index (χ2n) is 8.62. The smallest absolute Gasteiger partial charge is 0.386 e. The van der Waals surface area contributed by atoms with Crippen molar-refractivity contribution in [2.24, 2.45) is 10.7 Å². The molecule has 0 saturated carbocycles. The van der Waals surface area contributed by atoms with Crippen molar-refractivity contribution in [1.29, 1.82) is 0 Å². The van der Waals surface area contributed by atoms with E-state index in [9.17, 15) is 30.8 Å². The summed E-state index contributed by atoms with van der Waals surface area (Å²) in [5, 5.41) is 2.45. The van der Waals surface area contributed by atoms with Crippen LogP contribution in [0.3, 0.4) is 0 Å². The van der Waals surface area contributed by atoms with E-state index in [1.54, 1.807) is 0 Å². The molecule has 0 saturated heterocycles. The average Bonchev–Trinajstić information content (AvgIpc) is 2.77. The zero-order valence-electron chi connectivity index (χ0n) is 18.7. The molecule has 34 heavy (non-hydrogen) atoms. The number of amides is 1. The third kappa shape index (κ3) is 4.49. The third-order valence-electron chi connectivity index (χ3n) is 5.70. The summed E-state index contributed by atoms with van der Waals surface area (Å²) in [6, 6.07) is 5.22. The van der Waals surface area contributed by atoms with Gasteiger partial charge in [-0.1, -0.05) is 0 Å². The van der Waals surface area contributed by atoms with E-state index in [0.29, 0.717) is 6.20 Å². The highest BCUT2D eigenvalue weighted by Gasteiger charge is 2.48. The second kappa shape index (κ2) is 8.31. The Kier molecular flexibility index (Phi) is 6.25. The topological polar surface area (TPSA) is 118 Å². The number of pyridine rings is 1. The summed E-state index contributed by atoms with van der Waals surface area (Å²) in [7, 11) is -2.56. The molecule has 2 heterocycles. The lowest BCUT2D eigenvalue weighted by atomic mass is 9.91. The molecule has 1 aliphatic rings. The Morgan fingerprint density at radius 3 is 2.38 bits per heavy atom. The summed E-state index contributed by atoms with van der Waals surface area (Å²) in [5.41, 5.74) is 3.36. The lowest BCUT2D eigenvalue weighted by molar-refractivity contribution is -0.137. The minimum absolute atomic E-state index is 0.0339. The molecule has 1 atom stereocenters. The first-order valence-corrected chi connectivity index (χ1v) is 11.4. The molecular formula is C21H23F4N5O3S. The Balaban J connectivity index is 1.96. The fourth-order valence-corrected chi connectivity index (χ4v) is 5.04. The van der Waals surface area contributed by atoms with Gasteiger partial charge in [-0.15, -0.1) is 0 Å². The number of nitrogens with two attached hydrogens (primary N) is 1. The number of aromatic nitrogens is 1. The number of rotatable bonds is 3. The van der Waals surface area contributed by atoms with E-state index in [1.807, 2.05) is 0 Å². The highest BCUT2D eigenvalue weighted by Crippen LogP contribution is 2.36. The Bertz CT molecular complexity index is 1260. The number of aliphatic imine (C=N–C) groups is 1. The Labute approximate surface area is 193 Å². The maximum Gasteiger partial charge on any atom is 0.417 e. The lowest BCUT2D eigenvalue weighted by Gasteiger charge is -2.29. The van der Waals surface area contributed by atoms with Crippen LogP contribution < -0.4 is 11.1 Å². The average molecular weight is 502 g/mol. The van der Waals surface area contributed by atoms with Crippen molar-refractivity contribution in [3.8, 4) is 0 Å². The number of alkyl halides is 3. The minimum Gasteiger partial charge on any atom is -0.386 e. The molecule has 0 radical (unpaired) electrons. The number of carbonyl (C=O) groups excluding carboxylic acids is 1. The van der Waals surface area contributed by atoms with E-state index in [-0.39, 0.29) is 29.3 Å². The van der Waals surface area contributed by atoms with Crippen LogP contribution in [-0.4, -0.2) is 47.8 Å². The molecule has 13 heteroatoms. The van der Waals surface area contributed by atoms with Crippen LogP contribution in [0.5, 0.6) is 0 Å². The fourth-order valence-electron chi connectivity index (χ4n) is 3.53. The van der Waals surface area contributed by atoms with E-state index in [2.05, 4.69) is 15.3 Å². The predicted octanol–water partition coefficient (Wildman–Crippen LogP) is 3.12. The molecule has 1 unspecified atom stereocenters. The van der Waals surface area contributed by atoms with E-state index in [1.165, 1.54) is 40.0 Å². The maximum atomic E-state index is 14.9. The number of sulfonamides is 1. The number of anilines is 1. The van der Waals surface area contributed by atoms with Gasteiger partial charge < -0.3 is 11.1 Å². The molecule has 8 nitrogen and oxygen atoms in total. The largest absolute Gasteiger partial charge is 0.417 e. The quantitative estimate of drug-likeness (QED) is 0.627. The van der Waals surface area contributed by atoms with Gasteiger partial charge in [-0.05, 0) is 51.1 Å². The van der Waals surface area contributed by atoms with E-state index in [4.69, 9.17) is 5.73 Å². The van der Waals surface area contributed by atoms with Crippen LogP contribution in [0.15, 0.2) is 41.5 Å².